The molecular weight excluding hydrogens is 239 g/mol. The molecule has 0 saturated heterocycles. The molecule has 1 amide bonds. The van der Waals surface area contributed by atoms with Crippen LogP contribution in [0.2, 0.25) is 0 Å². The Balaban J connectivity index is 2.18. The van der Waals surface area contributed by atoms with Gasteiger partial charge in [0.25, 0.3) is 0 Å². The third kappa shape index (κ3) is 5.60. The molecule has 0 spiro atoms. The van der Waals surface area contributed by atoms with Crippen molar-refractivity contribution in [3.8, 4) is 5.75 Å². The highest BCUT2D eigenvalue weighted by Gasteiger charge is 2.06. The first kappa shape index (κ1) is 14.4. The van der Waals surface area contributed by atoms with Crippen LogP contribution < -0.4 is 15.4 Å². The zero-order valence-corrected chi connectivity index (χ0v) is 10.1. The van der Waals surface area contributed by atoms with E-state index < -0.39 is 6.10 Å². The summed E-state index contributed by atoms with van der Waals surface area (Å²) in [7, 11) is 1.54. The van der Waals surface area contributed by atoms with Crippen LogP contribution in [0.3, 0.4) is 0 Å². The van der Waals surface area contributed by atoms with Crippen molar-refractivity contribution in [1.82, 2.24) is 10.6 Å². The van der Waals surface area contributed by atoms with Gasteiger partial charge in [0.05, 0.1) is 6.54 Å². The molecule has 0 aliphatic carbocycles. The minimum absolute atomic E-state index is 0.0758. The maximum atomic E-state index is 12.6. The summed E-state index contributed by atoms with van der Waals surface area (Å²) in [6.45, 7) is 0.463. The fourth-order valence-corrected chi connectivity index (χ4v) is 1.22. The van der Waals surface area contributed by atoms with Crippen LogP contribution in [0.15, 0.2) is 24.3 Å². The van der Waals surface area contributed by atoms with Gasteiger partial charge in [-0.3, -0.25) is 4.79 Å². The lowest BCUT2D eigenvalue weighted by molar-refractivity contribution is -0.119. The lowest BCUT2D eigenvalue weighted by Crippen LogP contribution is -2.37. The molecule has 0 radical (unpaired) electrons. The van der Waals surface area contributed by atoms with E-state index in [-0.39, 0.29) is 31.4 Å². The molecule has 0 aromatic heterocycles. The fourth-order valence-electron chi connectivity index (χ4n) is 1.22. The second-order valence-corrected chi connectivity index (χ2v) is 3.72. The Morgan fingerprint density at radius 1 is 1.44 bits per heavy atom. The van der Waals surface area contributed by atoms with Gasteiger partial charge in [0.15, 0.2) is 0 Å². The molecule has 1 aromatic rings. The van der Waals surface area contributed by atoms with Crippen molar-refractivity contribution >= 4 is 5.91 Å². The molecule has 1 rings (SSSR count). The summed E-state index contributed by atoms with van der Waals surface area (Å²) >= 11 is 0. The number of likely N-dealkylation sites (N-methyl/N-ethyl adjacent to an activating group) is 1. The summed E-state index contributed by atoms with van der Waals surface area (Å²) in [6, 6.07) is 5.54. The van der Waals surface area contributed by atoms with Crippen molar-refractivity contribution < 1.29 is 19.0 Å². The van der Waals surface area contributed by atoms with E-state index in [1.165, 1.54) is 31.3 Å². The maximum Gasteiger partial charge on any atom is 0.233 e. The van der Waals surface area contributed by atoms with Crippen molar-refractivity contribution in [2.45, 2.75) is 6.10 Å². The predicted molar refractivity (Wildman–Crippen MR) is 64.8 cm³/mol. The summed E-state index contributed by atoms with van der Waals surface area (Å²) in [5, 5.41) is 14.8. The van der Waals surface area contributed by atoms with E-state index >= 15 is 0 Å². The summed E-state index contributed by atoms with van der Waals surface area (Å²) in [5.41, 5.74) is 0. The van der Waals surface area contributed by atoms with Gasteiger partial charge in [-0.2, -0.15) is 0 Å². The number of nitrogens with one attached hydrogen (secondary N) is 2. The third-order valence-electron chi connectivity index (χ3n) is 2.20. The highest BCUT2D eigenvalue weighted by atomic mass is 19.1. The van der Waals surface area contributed by atoms with Gasteiger partial charge in [0.2, 0.25) is 5.91 Å². The van der Waals surface area contributed by atoms with Crippen molar-refractivity contribution in [3.05, 3.63) is 30.1 Å². The van der Waals surface area contributed by atoms with Crippen molar-refractivity contribution in [3.63, 3.8) is 0 Å². The predicted octanol–water partition coefficient (Wildman–Crippen LogP) is -0.0990. The molecule has 1 atom stereocenters. The number of amides is 1. The zero-order chi connectivity index (χ0) is 13.4. The van der Waals surface area contributed by atoms with Crippen molar-refractivity contribution in [2.24, 2.45) is 0 Å². The number of halogens is 1. The molecule has 6 heteroatoms. The first-order valence-electron chi connectivity index (χ1n) is 5.59. The van der Waals surface area contributed by atoms with Gasteiger partial charge in [-0.05, 0) is 24.3 Å². The van der Waals surface area contributed by atoms with E-state index in [1.807, 2.05) is 0 Å². The molecule has 1 aromatic carbocycles. The van der Waals surface area contributed by atoms with Gasteiger partial charge in [0, 0.05) is 13.6 Å². The third-order valence-corrected chi connectivity index (χ3v) is 2.20. The van der Waals surface area contributed by atoms with E-state index in [1.54, 1.807) is 0 Å². The van der Waals surface area contributed by atoms with Crippen LogP contribution in [0.1, 0.15) is 0 Å². The summed E-state index contributed by atoms with van der Waals surface area (Å²) in [6.07, 6.45) is -0.736. The van der Waals surface area contributed by atoms with Crippen LogP contribution in [0, 0.1) is 5.82 Å². The Morgan fingerprint density at radius 2 is 2.11 bits per heavy atom. The molecule has 18 heavy (non-hydrogen) atoms. The van der Waals surface area contributed by atoms with Crippen LogP contribution in [-0.4, -0.2) is 43.9 Å². The molecule has 5 nitrogen and oxygen atoms in total. The first-order valence-corrected chi connectivity index (χ1v) is 5.59. The van der Waals surface area contributed by atoms with Crippen molar-refractivity contribution in [1.29, 1.82) is 0 Å². The Hall–Kier alpha value is -1.66. The number of carbonyl (C=O) groups excluding carboxylic acids is 1. The zero-order valence-electron chi connectivity index (χ0n) is 10.1. The molecule has 0 bridgehead atoms. The molecule has 100 valence electrons. The number of benzene rings is 1. The first-order chi connectivity index (χ1) is 8.61. The second kappa shape index (κ2) is 7.62. The highest BCUT2D eigenvalue weighted by molar-refractivity contribution is 5.77. The summed E-state index contributed by atoms with van der Waals surface area (Å²) in [4.78, 5) is 10.9. The van der Waals surface area contributed by atoms with E-state index in [9.17, 15) is 14.3 Å². The number of hydrogen-bond acceptors (Lipinski definition) is 4. The van der Waals surface area contributed by atoms with Crippen LogP contribution in [-0.2, 0) is 4.79 Å². The number of carbonyl (C=O) groups is 1. The van der Waals surface area contributed by atoms with Crippen LogP contribution in [0.4, 0.5) is 4.39 Å². The summed E-state index contributed by atoms with van der Waals surface area (Å²) in [5.74, 6) is -0.00135. The molecule has 3 N–H and O–H groups in total. The number of ether oxygens (including phenoxy) is 1. The quantitative estimate of drug-likeness (QED) is 0.637. The van der Waals surface area contributed by atoms with E-state index in [4.69, 9.17) is 4.74 Å². The number of rotatable bonds is 7. The Morgan fingerprint density at radius 3 is 2.72 bits per heavy atom. The largest absolute Gasteiger partial charge is 0.491 e. The monoisotopic (exact) mass is 256 g/mol. The molecule has 0 aliphatic rings. The van der Waals surface area contributed by atoms with Gasteiger partial charge in [-0.1, -0.05) is 0 Å². The smallest absolute Gasteiger partial charge is 0.233 e. The Kier molecular flexibility index (Phi) is 6.10. The number of hydrogen-bond donors (Lipinski definition) is 3. The normalized spacial score (nSPS) is 11.9. The standard InChI is InChI=1S/C12H17FN2O3/c1-14-12(17)7-15-6-10(16)8-18-11-4-2-9(13)3-5-11/h2-5,10,15-16H,6-8H2,1H3,(H,14,17). The van der Waals surface area contributed by atoms with Gasteiger partial charge >= 0.3 is 0 Å². The SMILES string of the molecule is CNC(=O)CNCC(O)COc1ccc(F)cc1. The number of aliphatic hydroxyl groups is 1. The van der Waals surface area contributed by atoms with Gasteiger partial charge < -0.3 is 20.5 Å². The van der Waals surface area contributed by atoms with Crippen LogP contribution >= 0.6 is 0 Å². The van der Waals surface area contributed by atoms with Gasteiger partial charge in [-0.25, -0.2) is 4.39 Å². The maximum absolute atomic E-state index is 12.6. The van der Waals surface area contributed by atoms with E-state index in [0.717, 1.165) is 0 Å². The lowest BCUT2D eigenvalue weighted by atomic mass is 10.3. The minimum atomic E-state index is -0.736. The second-order valence-electron chi connectivity index (χ2n) is 3.72. The molecule has 0 aliphatic heterocycles. The summed E-state index contributed by atoms with van der Waals surface area (Å²) < 4.78 is 17.9. The molecule has 1 unspecified atom stereocenters. The minimum Gasteiger partial charge on any atom is -0.491 e. The van der Waals surface area contributed by atoms with Gasteiger partial charge in [0.1, 0.15) is 24.3 Å². The molecule has 0 heterocycles. The van der Waals surface area contributed by atoms with E-state index in [0.29, 0.717) is 5.75 Å². The topological polar surface area (TPSA) is 70.6 Å². The average Bonchev–Trinajstić information content (AvgIpc) is 2.38. The molecule has 0 fully saturated rings. The highest BCUT2D eigenvalue weighted by Crippen LogP contribution is 2.10. The van der Waals surface area contributed by atoms with Gasteiger partial charge in [-0.15, -0.1) is 0 Å². The van der Waals surface area contributed by atoms with Crippen LogP contribution in [0.25, 0.3) is 0 Å². The average molecular weight is 256 g/mol. The van der Waals surface area contributed by atoms with Crippen LogP contribution in [0.5, 0.6) is 5.75 Å². The molecule has 0 saturated carbocycles. The fraction of sp³-hybridized carbons (Fsp3) is 0.417. The Labute approximate surface area is 105 Å². The lowest BCUT2D eigenvalue weighted by Gasteiger charge is -2.12. The van der Waals surface area contributed by atoms with E-state index in [2.05, 4.69) is 10.6 Å². The van der Waals surface area contributed by atoms with Crippen molar-refractivity contribution in [2.75, 3.05) is 26.7 Å². The Bertz CT molecular complexity index is 370. The molecular formula is C12H17FN2O3. The number of aliphatic hydroxyl groups excluding tert-OH is 1.